The number of nitrogens with zero attached hydrogens (tertiary/aromatic N) is 1. The second kappa shape index (κ2) is 4.13. The smallest absolute Gasteiger partial charge is 0.0881 e. The normalized spacial score (nSPS) is 13.4. The molecule has 0 fully saturated rings. The lowest BCUT2D eigenvalue weighted by Gasteiger charge is -2.18. The summed E-state index contributed by atoms with van der Waals surface area (Å²) in [5.41, 5.74) is 5.21. The lowest BCUT2D eigenvalue weighted by atomic mass is 10.1. The van der Waals surface area contributed by atoms with Crippen LogP contribution in [0.1, 0.15) is 11.1 Å². The van der Waals surface area contributed by atoms with Crippen molar-refractivity contribution in [1.82, 2.24) is 0 Å². The number of anilines is 2. The fraction of sp³-hybridized carbons (Fsp3) is 0.200. The summed E-state index contributed by atoms with van der Waals surface area (Å²) >= 11 is 0. The van der Waals surface area contributed by atoms with Crippen molar-refractivity contribution in [3.63, 3.8) is 0 Å². The van der Waals surface area contributed by atoms with Gasteiger partial charge in [-0.25, -0.2) is 0 Å². The minimum Gasteiger partial charge on any atom is -0.366 e. The van der Waals surface area contributed by atoms with Crippen LogP contribution in [0.15, 0.2) is 48.5 Å². The van der Waals surface area contributed by atoms with Gasteiger partial charge in [0.15, 0.2) is 0 Å². The van der Waals surface area contributed by atoms with Gasteiger partial charge in [0.2, 0.25) is 0 Å². The summed E-state index contributed by atoms with van der Waals surface area (Å²) in [5, 5.41) is 3.44. The molecule has 2 heteroatoms. The highest BCUT2D eigenvalue weighted by atomic mass is 15.3. The van der Waals surface area contributed by atoms with E-state index in [1.54, 1.807) is 0 Å². The van der Waals surface area contributed by atoms with Crippen LogP contribution in [0.5, 0.6) is 0 Å². The average Bonchev–Trinajstić information content (AvgIpc) is 2.73. The summed E-state index contributed by atoms with van der Waals surface area (Å²) in [4.78, 5) is 2.37. The van der Waals surface area contributed by atoms with Crippen LogP contribution in [-0.4, -0.2) is 6.67 Å². The highest BCUT2D eigenvalue weighted by Crippen LogP contribution is 2.32. The molecule has 0 bridgehead atoms. The third-order valence-corrected chi connectivity index (χ3v) is 3.17. The number of hydrogen-bond donors (Lipinski definition) is 1. The molecule has 1 aliphatic heterocycles. The van der Waals surface area contributed by atoms with E-state index in [9.17, 15) is 0 Å². The van der Waals surface area contributed by atoms with Gasteiger partial charge in [-0.2, -0.15) is 0 Å². The maximum absolute atomic E-state index is 3.44. The number of hydrogen-bond acceptors (Lipinski definition) is 2. The average molecular weight is 224 g/mol. The van der Waals surface area contributed by atoms with Gasteiger partial charge < -0.3 is 10.2 Å². The Kier molecular flexibility index (Phi) is 2.48. The zero-order valence-corrected chi connectivity index (χ0v) is 9.98. The number of rotatable bonds is 2. The highest BCUT2D eigenvalue weighted by molar-refractivity contribution is 5.75. The van der Waals surface area contributed by atoms with Crippen LogP contribution in [0.2, 0.25) is 0 Å². The summed E-state index contributed by atoms with van der Waals surface area (Å²) in [5.74, 6) is 0. The van der Waals surface area contributed by atoms with Gasteiger partial charge >= 0.3 is 0 Å². The van der Waals surface area contributed by atoms with E-state index in [0.717, 1.165) is 13.2 Å². The Morgan fingerprint density at radius 1 is 1.12 bits per heavy atom. The van der Waals surface area contributed by atoms with Crippen LogP contribution >= 0.6 is 0 Å². The van der Waals surface area contributed by atoms with E-state index < -0.39 is 0 Å². The van der Waals surface area contributed by atoms with Crippen molar-refractivity contribution < 1.29 is 0 Å². The topological polar surface area (TPSA) is 15.3 Å². The largest absolute Gasteiger partial charge is 0.366 e. The van der Waals surface area contributed by atoms with Gasteiger partial charge in [0.1, 0.15) is 0 Å². The molecule has 2 aromatic carbocycles. The summed E-state index contributed by atoms with van der Waals surface area (Å²) in [7, 11) is 0. The number of benzene rings is 2. The Morgan fingerprint density at radius 2 is 1.94 bits per heavy atom. The van der Waals surface area contributed by atoms with Crippen molar-refractivity contribution in [2.24, 2.45) is 0 Å². The predicted molar refractivity (Wildman–Crippen MR) is 72.3 cm³/mol. The zero-order valence-electron chi connectivity index (χ0n) is 9.98. The maximum atomic E-state index is 3.44. The third-order valence-electron chi connectivity index (χ3n) is 3.17. The molecular weight excluding hydrogens is 208 g/mol. The van der Waals surface area contributed by atoms with Crippen LogP contribution < -0.4 is 10.2 Å². The summed E-state index contributed by atoms with van der Waals surface area (Å²) in [6.07, 6.45) is 0. The fourth-order valence-electron chi connectivity index (χ4n) is 2.28. The molecule has 3 rings (SSSR count). The lowest BCUT2D eigenvalue weighted by molar-refractivity contribution is 0.872. The fourth-order valence-corrected chi connectivity index (χ4v) is 2.28. The molecule has 2 aromatic rings. The minimum absolute atomic E-state index is 0.897. The van der Waals surface area contributed by atoms with Crippen molar-refractivity contribution in [3.05, 3.63) is 59.7 Å². The van der Waals surface area contributed by atoms with Crippen LogP contribution in [0.4, 0.5) is 11.4 Å². The molecule has 1 aliphatic rings. The van der Waals surface area contributed by atoms with Gasteiger partial charge in [-0.1, -0.05) is 36.4 Å². The zero-order chi connectivity index (χ0) is 11.7. The van der Waals surface area contributed by atoms with Gasteiger partial charge in [0.25, 0.3) is 0 Å². The molecular formula is C15H16N2. The van der Waals surface area contributed by atoms with Crippen molar-refractivity contribution in [2.45, 2.75) is 13.5 Å². The molecule has 17 heavy (non-hydrogen) atoms. The van der Waals surface area contributed by atoms with Crippen LogP contribution in [0.25, 0.3) is 0 Å². The Morgan fingerprint density at radius 3 is 2.76 bits per heavy atom. The molecule has 0 spiro atoms. The van der Waals surface area contributed by atoms with Crippen LogP contribution in [-0.2, 0) is 6.54 Å². The van der Waals surface area contributed by atoms with E-state index in [-0.39, 0.29) is 0 Å². The Hall–Kier alpha value is -1.96. The number of aryl methyl sites for hydroxylation is 1. The van der Waals surface area contributed by atoms with Gasteiger partial charge in [-0.3, -0.25) is 0 Å². The minimum atomic E-state index is 0.897. The second-order valence-electron chi connectivity index (χ2n) is 4.54. The predicted octanol–water partition coefficient (Wildman–Crippen LogP) is 3.38. The van der Waals surface area contributed by atoms with E-state index >= 15 is 0 Å². The van der Waals surface area contributed by atoms with Crippen molar-refractivity contribution >= 4 is 11.4 Å². The highest BCUT2D eigenvalue weighted by Gasteiger charge is 2.17. The third kappa shape index (κ3) is 1.98. The van der Waals surface area contributed by atoms with Crippen molar-refractivity contribution in [1.29, 1.82) is 0 Å². The standard InChI is InChI=1S/C15H16N2/c1-12-7-8-15-14(9-12)16-11-17(15)10-13-5-3-2-4-6-13/h2-9,16H,10-11H2,1H3. The molecule has 0 saturated heterocycles. The van der Waals surface area contributed by atoms with Crippen LogP contribution in [0.3, 0.4) is 0 Å². The summed E-state index contributed by atoms with van der Waals surface area (Å²) < 4.78 is 0. The van der Waals surface area contributed by atoms with Crippen LogP contribution in [0, 0.1) is 6.92 Å². The molecule has 0 amide bonds. The van der Waals surface area contributed by atoms with Crippen molar-refractivity contribution in [2.75, 3.05) is 16.9 Å². The van der Waals surface area contributed by atoms with E-state index in [1.165, 1.54) is 22.5 Å². The summed E-state index contributed by atoms with van der Waals surface area (Å²) in [6, 6.07) is 17.2. The molecule has 1 N–H and O–H groups in total. The monoisotopic (exact) mass is 224 g/mol. The molecule has 0 unspecified atom stereocenters. The van der Waals surface area contributed by atoms with Gasteiger partial charge in [0.05, 0.1) is 18.0 Å². The molecule has 0 aliphatic carbocycles. The van der Waals surface area contributed by atoms with Gasteiger partial charge in [-0.15, -0.1) is 0 Å². The first kappa shape index (κ1) is 10.2. The first-order valence-electron chi connectivity index (χ1n) is 5.96. The van der Waals surface area contributed by atoms with E-state index in [2.05, 4.69) is 65.7 Å². The quantitative estimate of drug-likeness (QED) is 0.841. The molecule has 86 valence electrons. The summed E-state index contributed by atoms with van der Waals surface area (Å²) in [6.45, 7) is 3.99. The number of nitrogens with one attached hydrogen (secondary N) is 1. The van der Waals surface area contributed by atoms with E-state index in [4.69, 9.17) is 0 Å². The Bertz CT molecular complexity index is 520. The molecule has 0 saturated carbocycles. The van der Waals surface area contributed by atoms with Crippen molar-refractivity contribution in [3.8, 4) is 0 Å². The Labute approximate surface area is 102 Å². The van der Waals surface area contributed by atoms with Gasteiger partial charge in [-0.05, 0) is 30.2 Å². The molecule has 1 heterocycles. The molecule has 0 atom stereocenters. The second-order valence-corrected chi connectivity index (χ2v) is 4.54. The molecule has 2 nitrogen and oxygen atoms in total. The Balaban J connectivity index is 1.85. The lowest BCUT2D eigenvalue weighted by Crippen LogP contribution is -2.21. The van der Waals surface area contributed by atoms with Gasteiger partial charge in [0, 0.05) is 6.54 Å². The van der Waals surface area contributed by atoms with E-state index in [1.807, 2.05) is 0 Å². The number of fused-ring (bicyclic) bond motifs is 1. The molecule has 0 aromatic heterocycles. The SMILES string of the molecule is Cc1ccc2c(c1)NCN2Cc1ccccc1. The maximum Gasteiger partial charge on any atom is 0.0881 e. The first-order valence-corrected chi connectivity index (χ1v) is 5.96. The molecule has 0 radical (unpaired) electrons. The first-order chi connectivity index (χ1) is 8.33. The van der Waals surface area contributed by atoms with E-state index in [0.29, 0.717) is 0 Å².